The van der Waals surface area contributed by atoms with Crippen LogP contribution in [0.4, 0.5) is 5.69 Å². The summed E-state index contributed by atoms with van der Waals surface area (Å²) in [7, 11) is 0. The minimum atomic E-state index is -0.185. The van der Waals surface area contributed by atoms with Gasteiger partial charge in [0.05, 0.1) is 23.5 Å². The number of aryl methyl sites for hydroxylation is 1. The van der Waals surface area contributed by atoms with E-state index in [1.807, 2.05) is 48.9 Å². The summed E-state index contributed by atoms with van der Waals surface area (Å²) in [6, 6.07) is 16.5. The average Bonchev–Trinajstić information content (AvgIpc) is 2.86. The average molecular weight is 321 g/mol. The molecule has 0 spiro atoms. The second-order valence-electron chi connectivity index (χ2n) is 5.64. The number of anilines is 1. The first kappa shape index (κ1) is 15.8. The van der Waals surface area contributed by atoms with Gasteiger partial charge in [0.2, 0.25) is 5.91 Å². The molecule has 3 rings (SSSR count). The van der Waals surface area contributed by atoms with E-state index in [0.29, 0.717) is 5.69 Å². The molecule has 5 heteroatoms. The maximum absolute atomic E-state index is 12.3. The fraction of sp³-hybridized carbons (Fsp3) is 0.158. The van der Waals surface area contributed by atoms with Crippen molar-refractivity contribution in [1.29, 1.82) is 0 Å². The highest BCUT2D eigenvalue weighted by atomic mass is 16.3. The zero-order valence-corrected chi connectivity index (χ0v) is 13.7. The zero-order valence-electron chi connectivity index (χ0n) is 13.7. The molecule has 0 fully saturated rings. The molecule has 5 nitrogen and oxygen atoms in total. The van der Waals surface area contributed by atoms with E-state index in [4.69, 9.17) is 0 Å². The van der Waals surface area contributed by atoms with Gasteiger partial charge in [0.1, 0.15) is 5.75 Å². The Morgan fingerprint density at radius 3 is 2.46 bits per heavy atom. The van der Waals surface area contributed by atoms with Crippen LogP contribution in [-0.2, 0) is 11.2 Å². The van der Waals surface area contributed by atoms with Crippen molar-refractivity contribution in [1.82, 2.24) is 9.78 Å². The molecule has 0 aliphatic carbocycles. The molecule has 0 aliphatic rings. The number of benzene rings is 2. The fourth-order valence-electron chi connectivity index (χ4n) is 2.69. The van der Waals surface area contributed by atoms with E-state index < -0.39 is 0 Å². The quantitative estimate of drug-likeness (QED) is 0.724. The standard InChI is InChI=1S/C19H19N3O2/c1-13-16(12-19(24)20-17-10-6-7-11-18(17)23)14(2)22(21-13)15-8-4-3-5-9-15/h3-11,23H,12H2,1-2H3,(H,20,24). The van der Waals surface area contributed by atoms with Gasteiger partial charge in [-0.1, -0.05) is 30.3 Å². The number of hydrogen-bond donors (Lipinski definition) is 2. The van der Waals surface area contributed by atoms with E-state index in [1.165, 1.54) is 0 Å². The topological polar surface area (TPSA) is 67.2 Å². The molecule has 2 aromatic carbocycles. The molecule has 3 aromatic rings. The maximum atomic E-state index is 12.3. The molecule has 0 bridgehead atoms. The van der Waals surface area contributed by atoms with E-state index in [9.17, 15) is 9.90 Å². The van der Waals surface area contributed by atoms with Crippen LogP contribution < -0.4 is 5.32 Å². The molecular weight excluding hydrogens is 302 g/mol. The van der Waals surface area contributed by atoms with Crippen molar-refractivity contribution >= 4 is 11.6 Å². The molecule has 0 unspecified atom stereocenters. The van der Waals surface area contributed by atoms with Gasteiger partial charge in [-0.2, -0.15) is 5.10 Å². The number of carbonyl (C=O) groups excluding carboxylic acids is 1. The van der Waals surface area contributed by atoms with Crippen LogP contribution in [0.3, 0.4) is 0 Å². The Hall–Kier alpha value is -3.08. The summed E-state index contributed by atoms with van der Waals surface area (Å²) in [5, 5.41) is 17.0. The summed E-state index contributed by atoms with van der Waals surface area (Å²) in [6.45, 7) is 3.85. The van der Waals surface area contributed by atoms with Crippen LogP contribution in [0.5, 0.6) is 5.75 Å². The molecule has 122 valence electrons. The van der Waals surface area contributed by atoms with Crippen molar-refractivity contribution in [2.75, 3.05) is 5.32 Å². The lowest BCUT2D eigenvalue weighted by atomic mass is 10.1. The number of hydrogen-bond acceptors (Lipinski definition) is 3. The molecule has 0 saturated heterocycles. The lowest BCUT2D eigenvalue weighted by Crippen LogP contribution is -2.15. The number of para-hydroxylation sites is 3. The van der Waals surface area contributed by atoms with E-state index in [0.717, 1.165) is 22.6 Å². The van der Waals surface area contributed by atoms with Crippen molar-refractivity contribution in [2.45, 2.75) is 20.3 Å². The number of phenolic OH excluding ortho intramolecular Hbond substituents is 1. The van der Waals surface area contributed by atoms with Crippen LogP contribution in [0.1, 0.15) is 17.0 Å². The Kier molecular flexibility index (Phi) is 4.33. The molecule has 0 radical (unpaired) electrons. The zero-order chi connectivity index (χ0) is 17.1. The molecule has 0 aliphatic heterocycles. The monoisotopic (exact) mass is 321 g/mol. The summed E-state index contributed by atoms with van der Waals surface area (Å²) in [5.74, 6) is -0.130. The highest BCUT2D eigenvalue weighted by molar-refractivity contribution is 5.93. The normalized spacial score (nSPS) is 10.6. The Morgan fingerprint density at radius 2 is 1.75 bits per heavy atom. The number of aromatic nitrogens is 2. The van der Waals surface area contributed by atoms with E-state index in [2.05, 4.69) is 10.4 Å². The smallest absolute Gasteiger partial charge is 0.229 e. The van der Waals surface area contributed by atoms with E-state index >= 15 is 0 Å². The van der Waals surface area contributed by atoms with Gasteiger partial charge in [-0.3, -0.25) is 4.79 Å². The second kappa shape index (κ2) is 6.58. The Balaban J connectivity index is 1.82. The van der Waals surface area contributed by atoms with Gasteiger partial charge in [-0.05, 0) is 38.1 Å². The second-order valence-corrected chi connectivity index (χ2v) is 5.64. The number of amides is 1. The molecule has 1 heterocycles. The molecule has 0 atom stereocenters. The van der Waals surface area contributed by atoms with Gasteiger partial charge in [0, 0.05) is 11.3 Å². The Labute approximate surface area is 140 Å². The molecular formula is C19H19N3O2. The number of nitrogens with zero attached hydrogens (tertiary/aromatic N) is 2. The predicted octanol–water partition coefficient (Wildman–Crippen LogP) is 3.38. The lowest BCUT2D eigenvalue weighted by molar-refractivity contribution is -0.115. The van der Waals surface area contributed by atoms with Gasteiger partial charge in [-0.15, -0.1) is 0 Å². The molecule has 24 heavy (non-hydrogen) atoms. The SMILES string of the molecule is Cc1nn(-c2ccccc2)c(C)c1CC(=O)Nc1ccccc1O. The summed E-state index contributed by atoms with van der Waals surface area (Å²) in [4.78, 5) is 12.3. The fourth-order valence-corrected chi connectivity index (χ4v) is 2.69. The van der Waals surface area contributed by atoms with Crippen LogP contribution in [-0.4, -0.2) is 20.8 Å². The third-order valence-electron chi connectivity index (χ3n) is 3.96. The number of aromatic hydroxyl groups is 1. The summed E-state index contributed by atoms with van der Waals surface area (Å²) < 4.78 is 1.85. The van der Waals surface area contributed by atoms with Gasteiger partial charge < -0.3 is 10.4 Å². The molecule has 1 aromatic heterocycles. The first-order chi connectivity index (χ1) is 11.6. The maximum Gasteiger partial charge on any atom is 0.229 e. The molecule has 0 saturated carbocycles. The largest absolute Gasteiger partial charge is 0.506 e. The van der Waals surface area contributed by atoms with Crippen molar-refractivity contribution in [3.63, 3.8) is 0 Å². The van der Waals surface area contributed by atoms with Crippen molar-refractivity contribution in [3.8, 4) is 11.4 Å². The van der Waals surface area contributed by atoms with Crippen molar-refractivity contribution in [3.05, 3.63) is 71.5 Å². The van der Waals surface area contributed by atoms with Crippen LogP contribution in [0.15, 0.2) is 54.6 Å². The summed E-state index contributed by atoms with van der Waals surface area (Å²) in [6.07, 6.45) is 0.207. The Morgan fingerprint density at radius 1 is 1.08 bits per heavy atom. The number of nitrogens with one attached hydrogen (secondary N) is 1. The third kappa shape index (κ3) is 3.15. The first-order valence-corrected chi connectivity index (χ1v) is 7.74. The molecule has 2 N–H and O–H groups in total. The van der Waals surface area contributed by atoms with Crippen LogP contribution in [0.2, 0.25) is 0 Å². The first-order valence-electron chi connectivity index (χ1n) is 7.74. The highest BCUT2D eigenvalue weighted by Crippen LogP contribution is 2.23. The number of carbonyl (C=O) groups is 1. The van der Waals surface area contributed by atoms with E-state index in [-0.39, 0.29) is 18.1 Å². The van der Waals surface area contributed by atoms with Gasteiger partial charge >= 0.3 is 0 Å². The lowest BCUT2D eigenvalue weighted by Gasteiger charge is -2.08. The summed E-state index contributed by atoms with van der Waals surface area (Å²) >= 11 is 0. The van der Waals surface area contributed by atoms with Gasteiger partial charge in [0.25, 0.3) is 0 Å². The molecule has 1 amide bonds. The van der Waals surface area contributed by atoms with Crippen LogP contribution in [0.25, 0.3) is 5.69 Å². The summed E-state index contributed by atoms with van der Waals surface area (Å²) in [5.41, 5.74) is 4.03. The van der Waals surface area contributed by atoms with Crippen molar-refractivity contribution < 1.29 is 9.90 Å². The van der Waals surface area contributed by atoms with E-state index in [1.54, 1.807) is 24.3 Å². The van der Waals surface area contributed by atoms with Gasteiger partial charge in [0.15, 0.2) is 0 Å². The third-order valence-corrected chi connectivity index (χ3v) is 3.96. The predicted molar refractivity (Wildman–Crippen MR) is 93.5 cm³/mol. The minimum Gasteiger partial charge on any atom is -0.506 e. The Bertz CT molecular complexity index is 870. The van der Waals surface area contributed by atoms with Crippen LogP contribution >= 0.6 is 0 Å². The van der Waals surface area contributed by atoms with Crippen molar-refractivity contribution in [2.24, 2.45) is 0 Å². The number of rotatable bonds is 4. The van der Waals surface area contributed by atoms with Gasteiger partial charge in [-0.25, -0.2) is 4.68 Å². The number of phenols is 1. The minimum absolute atomic E-state index is 0.0549. The highest BCUT2D eigenvalue weighted by Gasteiger charge is 2.16. The van der Waals surface area contributed by atoms with Crippen LogP contribution in [0, 0.1) is 13.8 Å².